The fourth-order valence-corrected chi connectivity index (χ4v) is 3.90. The molecule has 1 aliphatic heterocycles. The van der Waals surface area contributed by atoms with Crippen LogP contribution in [0.3, 0.4) is 0 Å². The molecule has 1 fully saturated rings. The molecule has 0 aliphatic carbocycles. The highest BCUT2D eigenvalue weighted by Crippen LogP contribution is 2.25. The molecule has 3 rings (SSSR count). The SMILES string of the molecule is Cl.O=C(CC1CSCCN1)NCc1ccccc1-c1ccc(Cl)cc1. The average Bonchev–Trinajstić information content (AvgIpc) is 2.62. The van der Waals surface area contributed by atoms with Gasteiger partial charge < -0.3 is 10.6 Å². The first-order valence-corrected chi connectivity index (χ1v) is 9.67. The Morgan fingerprint density at radius 3 is 2.68 bits per heavy atom. The summed E-state index contributed by atoms with van der Waals surface area (Å²) in [6, 6.07) is 16.2. The maximum absolute atomic E-state index is 12.2. The predicted molar refractivity (Wildman–Crippen MR) is 110 cm³/mol. The maximum Gasteiger partial charge on any atom is 0.221 e. The van der Waals surface area contributed by atoms with E-state index in [1.807, 2.05) is 48.2 Å². The molecule has 2 N–H and O–H groups in total. The number of nitrogens with one attached hydrogen (secondary N) is 2. The van der Waals surface area contributed by atoms with Crippen LogP contribution in [0, 0.1) is 0 Å². The zero-order chi connectivity index (χ0) is 16.8. The number of carbonyl (C=O) groups is 1. The fraction of sp³-hybridized carbons (Fsp3) is 0.316. The maximum atomic E-state index is 12.2. The Balaban J connectivity index is 0.00000225. The lowest BCUT2D eigenvalue weighted by Gasteiger charge is -2.22. The molecule has 25 heavy (non-hydrogen) atoms. The zero-order valence-corrected chi connectivity index (χ0v) is 16.2. The van der Waals surface area contributed by atoms with Crippen molar-refractivity contribution in [1.29, 1.82) is 0 Å². The van der Waals surface area contributed by atoms with Gasteiger partial charge in [0.1, 0.15) is 0 Å². The van der Waals surface area contributed by atoms with Crippen LogP contribution in [0.15, 0.2) is 48.5 Å². The van der Waals surface area contributed by atoms with Crippen LogP contribution in [-0.2, 0) is 11.3 Å². The first-order chi connectivity index (χ1) is 11.7. The molecule has 1 amide bonds. The summed E-state index contributed by atoms with van der Waals surface area (Å²) in [5.74, 6) is 2.24. The summed E-state index contributed by atoms with van der Waals surface area (Å²) in [6.45, 7) is 1.53. The molecule has 1 heterocycles. The monoisotopic (exact) mass is 396 g/mol. The fourth-order valence-electron chi connectivity index (χ4n) is 2.83. The third-order valence-electron chi connectivity index (χ3n) is 4.08. The zero-order valence-electron chi connectivity index (χ0n) is 13.8. The molecule has 0 aromatic heterocycles. The molecule has 1 atom stereocenters. The summed E-state index contributed by atoms with van der Waals surface area (Å²) in [6.07, 6.45) is 0.538. The van der Waals surface area contributed by atoms with E-state index in [1.54, 1.807) is 0 Å². The van der Waals surface area contributed by atoms with Crippen LogP contribution in [-0.4, -0.2) is 30.0 Å². The van der Waals surface area contributed by atoms with E-state index in [-0.39, 0.29) is 24.4 Å². The summed E-state index contributed by atoms with van der Waals surface area (Å²) < 4.78 is 0. The average molecular weight is 397 g/mol. The molecule has 2 aromatic carbocycles. The molecule has 134 valence electrons. The Bertz CT molecular complexity index is 688. The summed E-state index contributed by atoms with van der Waals surface area (Å²) in [5.41, 5.74) is 3.34. The van der Waals surface area contributed by atoms with Crippen molar-refractivity contribution in [3.8, 4) is 11.1 Å². The van der Waals surface area contributed by atoms with E-state index in [9.17, 15) is 4.79 Å². The standard InChI is InChI=1S/C19H21ClN2OS.ClH/c20-16-7-5-14(6-8-16)18-4-2-1-3-15(18)12-22-19(23)11-17-13-24-10-9-21-17;/h1-8,17,21H,9-13H2,(H,22,23);1H. The second kappa shape index (κ2) is 10.1. The molecule has 1 unspecified atom stereocenters. The van der Waals surface area contributed by atoms with Gasteiger partial charge in [0.25, 0.3) is 0 Å². The van der Waals surface area contributed by atoms with Crippen molar-refractivity contribution in [3.05, 3.63) is 59.1 Å². The van der Waals surface area contributed by atoms with E-state index in [4.69, 9.17) is 11.6 Å². The van der Waals surface area contributed by atoms with Gasteiger partial charge >= 0.3 is 0 Å². The van der Waals surface area contributed by atoms with Gasteiger partial charge in [0, 0.05) is 42.1 Å². The van der Waals surface area contributed by atoms with Crippen LogP contribution in [0.4, 0.5) is 0 Å². The topological polar surface area (TPSA) is 41.1 Å². The molecule has 1 aliphatic rings. The molecular formula is C19H22Cl2N2OS. The van der Waals surface area contributed by atoms with Gasteiger partial charge in [-0.05, 0) is 28.8 Å². The molecule has 2 aromatic rings. The number of hydrogen-bond acceptors (Lipinski definition) is 3. The van der Waals surface area contributed by atoms with Crippen LogP contribution in [0.5, 0.6) is 0 Å². The molecule has 0 saturated carbocycles. The molecule has 0 radical (unpaired) electrons. The number of halogens is 2. The molecule has 6 heteroatoms. The normalized spacial score (nSPS) is 16.8. The number of hydrogen-bond donors (Lipinski definition) is 2. The van der Waals surface area contributed by atoms with Crippen molar-refractivity contribution < 1.29 is 4.79 Å². The van der Waals surface area contributed by atoms with Gasteiger partial charge in [-0.25, -0.2) is 0 Å². The highest BCUT2D eigenvalue weighted by molar-refractivity contribution is 7.99. The highest BCUT2D eigenvalue weighted by atomic mass is 35.5. The van der Waals surface area contributed by atoms with E-state index >= 15 is 0 Å². The van der Waals surface area contributed by atoms with Gasteiger partial charge in [-0.2, -0.15) is 11.8 Å². The molecule has 0 bridgehead atoms. The van der Waals surface area contributed by atoms with Gasteiger partial charge in [0.15, 0.2) is 0 Å². The van der Waals surface area contributed by atoms with Crippen molar-refractivity contribution in [1.82, 2.24) is 10.6 Å². The Morgan fingerprint density at radius 2 is 1.96 bits per heavy atom. The minimum atomic E-state index is 0. The second-order valence-corrected chi connectivity index (χ2v) is 7.46. The van der Waals surface area contributed by atoms with Crippen LogP contribution >= 0.6 is 35.8 Å². The van der Waals surface area contributed by atoms with Crippen molar-refractivity contribution in [2.45, 2.75) is 19.0 Å². The molecule has 1 saturated heterocycles. The van der Waals surface area contributed by atoms with Crippen LogP contribution in [0.1, 0.15) is 12.0 Å². The van der Waals surface area contributed by atoms with Gasteiger partial charge in [-0.1, -0.05) is 48.0 Å². The van der Waals surface area contributed by atoms with Crippen molar-refractivity contribution in [3.63, 3.8) is 0 Å². The van der Waals surface area contributed by atoms with Crippen LogP contribution < -0.4 is 10.6 Å². The lowest BCUT2D eigenvalue weighted by atomic mass is 9.99. The first-order valence-electron chi connectivity index (χ1n) is 8.14. The first kappa shape index (κ1) is 20.1. The highest BCUT2D eigenvalue weighted by Gasteiger charge is 2.16. The van der Waals surface area contributed by atoms with Gasteiger partial charge in [-0.15, -0.1) is 12.4 Å². The lowest BCUT2D eigenvalue weighted by Crippen LogP contribution is -2.41. The van der Waals surface area contributed by atoms with Crippen molar-refractivity contribution in [2.75, 3.05) is 18.1 Å². The quantitative estimate of drug-likeness (QED) is 0.797. The number of rotatable bonds is 5. The Hall–Kier alpha value is -1.20. The van der Waals surface area contributed by atoms with E-state index < -0.39 is 0 Å². The van der Waals surface area contributed by atoms with Gasteiger partial charge in [-0.3, -0.25) is 4.79 Å². The molecule has 3 nitrogen and oxygen atoms in total. The largest absolute Gasteiger partial charge is 0.352 e. The number of amides is 1. The number of thioether (sulfide) groups is 1. The summed E-state index contributed by atoms with van der Waals surface area (Å²) >= 11 is 7.88. The lowest BCUT2D eigenvalue weighted by molar-refractivity contribution is -0.121. The van der Waals surface area contributed by atoms with Gasteiger partial charge in [0.2, 0.25) is 5.91 Å². The Kier molecular flexibility index (Phi) is 8.10. The molecule has 0 spiro atoms. The van der Waals surface area contributed by atoms with Crippen LogP contribution in [0.2, 0.25) is 5.02 Å². The summed E-state index contributed by atoms with van der Waals surface area (Å²) in [4.78, 5) is 12.2. The van der Waals surface area contributed by atoms with Crippen molar-refractivity contribution >= 4 is 41.7 Å². The Morgan fingerprint density at radius 1 is 1.20 bits per heavy atom. The molecular weight excluding hydrogens is 375 g/mol. The predicted octanol–water partition coefficient (Wildman–Crippen LogP) is 4.14. The minimum absolute atomic E-state index is 0. The third kappa shape index (κ3) is 5.93. The number of benzene rings is 2. The Labute approximate surface area is 164 Å². The van der Waals surface area contributed by atoms with Crippen LogP contribution in [0.25, 0.3) is 11.1 Å². The van der Waals surface area contributed by atoms with Crippen molar-refractivity contribution in [2.24, 2.45) is 0 Å². The van der Waals surface area contributed by atoms with Gasteiger partial charge in [0.05, 0.1) is 0 Å². The number of carbonyl (C=O) groups excluding carboxylic acids is 1. The minimum Gasteiger partial charge on any atom is -0.352 e. The smallest absolute Gasteiger partial charge is 0.221 e. The van der Waals surface area contributed by atoms with E-state index in [1.165, 1.54) is 0 Å². The van der Waals surface area contributed by atoms with E-state index in [0.29, 0.717) is 13.0 Å². The second-order valence-electron chi connectivity index (χ2n) is 5.87. The van der Waals surface area contributed by atoms with E-state index in [0.717, 1.165) is 39.8 Å². The summed E-state index contributed by atoms with van der Waals surface area (Å²) in [7, 11) is 0. The summed E-state index contributed by atoms with van der Waals surface area (Å²) in [5, 5.41) is 7.17. The third-order valence-corrected chi connectivity index (χ3v) is 5.46. The van der Waals surface area contributed by atoms with E-state index in [2.05, 4.69) is 22.8 Å².